The summed E-state index contributed by atoms with van der Waals surface area (Å²) >= 11 is 0. The average Bonchev–Trinajstić information content (AvgIpc) is 2.97. The Morgan fingerprint density at radius 2 is 1.81 bits per heavy atom. The Morgan fingerprint density at radius 3 is 2.58 bits per heavy atom. The summed E-state index contributed by atoms with van der Waals surface area (Å²) in [5, 5.41) is 21.9. The zero-order chi connectivity index (χ0) is 18.5. The fourth-order valence-corrected chi connectivity index (χ4v) is 7.84. The maximum Gasteiger partial charge on any atom is 0.0840 e. The molecule has 9 unspecified atom stereocenters. The molecule has 4 nitrogen and oxygen atoms in total. The summed E-state index contributed by atoms with van der Waals surface area (Å²) in [6.45, 7) is 5.93. The average molecular weight is 367 g/mol. The van der Waals surface area contributed by atoms with E-state index >= 15 is 0 Å². The summed E-state index contributed by atoms with van der Waals surface area (Å²) in [5.74, 6) is 2.33. The van der Waals surface area contributed by atoms with Crippen molar-refractivity contribution in [3.05, 3.63) is 0 Å². The van der Waals surface area contributed by atoms with Crippen LogP contribution in [-0.4, -0.2) is 48.8 Å². The summed E-state index contributed by atoms with van der Waals surface area (Å²) in [7, 11) is 1.68. The van der Waals surface area contributed by atoms with Gasteiger partial charge in [0.05, 0.1) is 31.5 Å². The maximum absolute atomic E-state index is 11.3. The number of rotatable bonds is 4. The van der Waals surface area contributed by atoms with Crippen molar-refractivity contribution in [1.82, 2.24) is 0 Å². The molecule has 150 valence electrons. The van der Waals surface area contributed by atoms with Crippen LogP contribution in [0.15, 0.2) is 0 Å². The number of hydrogen-bond donors (Lipinski definition) is 2. The molecule has 4 saturated carbocycles. The second kappa shape index (κ2) is 7.02. The van der Waals surface area contributed by atoms with Gasteiger partial charge in [0.1, 0.15) is 0 Å². The Bertz CT molecular complexity index is 510. The van der Waals surface area contributed by atoms with Crippen LogP contribution in [-0.2, 0) is 9.47 Å². The molecule has 4 aliphatic rings. The summed E-state index contributed by atoms with van der Waals surface area (Å²) in [4.78, 5) is 0. The SMILES string of the molecule is COCCOC1CC2(C)C(CCC3C4CCCC4(C)CC(O)C32)CC1O. The van der Waals surface area contributed by atoms with Gasteiger partial charge in [0.15, 0.2) is 0 Å². The molecular formula is C22H38O4. The maximum atomic E-state index is 11.3. The fraction of sp³-hybridized carbons (Fsp3) is 1.00. The minimum Gasteiger partial charge on any atom is -0.393 e. The van der Waals surface area contributed by atoms with Crippen molar-refractivity contribution in [3.63, 3.8) is 0 Å². The first kappa shape index (κ1) is 19.2. The standard InChI is InChI=1S/C22H38O4/c1-21-8-4-5-16(21)15-7-6-14-11-17(23)19(26-10-9-25-3)13-22(14,2)20(15)18(24)12-21/h14-20,23-24H,4-13H2,1-3H3. The number of fused-ring (bicyclic) bond motifs is 5. The number of ether oxygens (including phenoxy) is 2. The molecule has 0 aromatic rings. The van der Waals surface area contributed by atoms with Gasteiger partial charge in [-0.05, 0) is 79.4 Å². The lowest BCUT2D eigenvalue weighted by atomic mass is 9.44. The van der Waals surface area contributed by atoms with Crippen LogP contribution < -0.4 is 0 Å². The van der Waals surface area contributed by atoms with Gasteiger partial charge < -0.3 is 19.7 Å². The van der Waals surface area contributed by atoms with Gasteiger partial charge >= 0.3 is 0 Å². The molecule has 0 spiro atoms. The highest BCUT2D eigenvalue weighted by Gasteiger charge is 2.62. The van der Waals surface area contributed by atoms with Crippen LogP contribution in [0.25, 0.3) is 0 Å². The van der Waals surface area contributed by atoms with Crippen molar-refractivity contribution in [2.24, 2.45) is 34.5 Å². The topological polar surface area (TPSA) is 58.9 Å². The van der Waals surface area contributed by atoms with Gasteiger partial charge in [0.2, 0.25) is 0 Å². The summed E-state index contributed by atoms with van der Waals surface area (Å²) in [6.07, 6.45) is 8.41. The lowest BCUT2D eigenvalue weighted by Crippen LogP contribution is -2.60. The van der Waals surface area contributed by atoms with E-state index in [0.717, 1.165) is 25.2 Å². The van der Waals surface area contributed by atoms with Crippen molar-refractivity contribution in [2.45, 2.75) is 83.5 Å². The first-order chi connectivity index (χ1) is 12.4. The molecule has 4 fully saturated rings. The van der Waals surface area contributed by atoms with E-state index in [1.807, 2.05) is 0 Å². The molecule has 0 radical (unpaired) electrons. The van der Waals surface area contributed by atoms with Crippen molar-refractivity contribution in [1.29, 1.82) is 0 Å². The Balaban J connectivity index is 1.57. The van der Waals surface area contributed by atoms with Gasteiger partial charge in [0.25, 0.3) is 0 Å². The summed E-state index contributed by atoms with van der Waals surface area (Å²) < 4.78 is 11.1. The zero-order valence-corrected chi connectivity index (χ0v) is 16.8. The Kier molecular flexibility index (Phi) is 5.18. The van der Waals surface area contributed by atoms with Crippen molar-refractivity contribution in [3.8, 4) is 0 Å². The smallest absolute Gasteiger partial charge is 0.0840 e. The third-order valence-corrected chi connectivity index (χ3v) is 8.98. The van der Waals surface area contributed by atoms with Crippen molar-refractivity contribution >= 4 is 0 Å². The minimum atomic E-state index is -0.376. The van der Waals surface area contributed by atoms with E-state index in [0.29, 0.717) is 36.4 Å². The second-order valence-electron chi connectivity index (χ2n) is 10.3. The molecule has 4 heteroatoms. The molecule has 4 aliphatic carbocycles. The van der Waals surface area contributed by atoms with Gasteiger partial charge in [-0.3, -0.25) is 0 Å². The molecule has 0 saturated heterocycles. The Labute approximate surface area is 158 Å². The van der Waals surface area contributed by atoms with Crippen LogP contribution in [0.1, 0.15) is 65.2 Å². The van der Waals surface area contributed by atoms with Crippen molar-refractivity contribution in [2.75, 3.05) is 20.3 Å². The van der Waals surface area contributed by atoms with Crippen LogP contribution in [0.2, 0.25) is 0 Å². The van der Waals surface area contributed by atoms with E-state index in [2.05, 4.69) is 13.8 Å². The predicted octanol–water partition coefficient (Wildman–Crippen LogP) is 3.39. The predicted molar refractivity (Wildman–Crippen MR) is 101 cm³/mol. The minimum absolute atomic E-state index is 0.0865. The van der Waals surface area contributed by atoms with E-state index in [4.69, 9.17) is 9.47 Å². The Hall–Kier alpha value is -0.160. The van der Waals surface area contributed by atoms with Crippen LogP contribution in [0, 0.1) is 34.5 Å². The molecule has 0 heterocycles. The molecule has 0 aromatic heterocycles. The number of hydrogen-bond acceptors (Lipinski definition) is 4. The Morgan fingerprint density at radius 1 is 1.00 bits per heavy atom. The van der Waals surface area contributed by atoms with Crippen LogP contribution >= 0.6 is 0 Å². The van der Waals surface area contributed by atoms with Gasteiger partial charge in [-0.15, -0.1) is 0 Å². The normalized spacial score (nSPS) is 53.7. The third-order valence-electron chi connectivity index (χ3n) is 8.98. The number of aliphatic hydroxyl groups is 2. The molecule has 0 bridgehead atoms. The zero-order valence-electron chi connectivity index (χ0n) is 16.8. The molecule has 26 heavy (non-hydrogen) atoms. The third kappa shape index (κ3) is 2.96. The van der Waals surface area contributed by atoms with E-state index in [1.54, 1.807) is 7.11 Å². The van der Waals surface area contributed by atoms with Gasteiger partial charge in [-0.1, -0.05) is 20.3 Å². The van der Waals surface area contributed by atoms with E-state index in [9.17, 15) is 10.2 Å². The van der Waals surface area contributed by atoms with Crippen molar-refractivity contribution < 1.29 is 19.7 Å². The molecule has 0 amide bonds. The monoisotopic (exact) mass is 366 g/mol. The number of methoxy groups -OCH3 is 1. The molecule has 0 aromatic carbocycles. The highest BCUT2D eigenvalue weighted by atomic mass is 16.5. The molecule has 0 aliphatic heterocycles. The van der Waals surface area contributed by atoms with E-state index in [1.165, 1.54) is 32.1 Å². The fourth-order valence-electron chi connectivity index (χ4n) is 7.84. The van der Waals surface area contributed by atoms with E-state index in [-0.39, 0.29) is 23.7 Å². The highest BCUT2D eigenvalue weighted by Crippen LogP contribution is 2.66. The largest absolute Gasteiger partial charge is 0.393 e. The summed E-state index contributed by atoms with van der Waals surface area (Å²) in [5.41, 5.74) is 0.440. The lowest BCUT2D eigenvalue weighted by Gasteiger charge is -2.62. The van der Waals surface area contributed by atoms with Gasteiger partial charge in [-0.2, -0.15) is 0 Å². The number of aliphatic hydroxyl groups excluding tert-OH is 2. The van der Waals surface area contributed by atoms with Crippen LogP contribution in [0.3, 0.4) is 0 Å². The van der Waals surface area contributed by atoms with E-state index < -0.39 is 0 Å². The summed E-state index contributed by atoms with van der Waals surface area (Å²) in [6, 6.07) is 0. The van der Waals surface area contributed by atoms with Crippen LogP contribution in [0.4, 0.5) is 0 Å². The molecular weight excluding hydrogens is 328 g/mol. The lowest BCUT2D eigenvalue weighted by molar-refractivity contribution is -0.201. The highest BCUT2D eigenvalue weighted by molar-refractivity contribution is 5.11. The first-order valence-corrected chi connectivity index (χ1v) is 10.9. The first-order valence-electron chi connectivity index (χ1n) is 10.9. The molecule has 2 N–H and O–H groups in total. The quantitative estimate of drug-likeness (QED) is 0.749. The van der Waals surface area contributed by atoms with Crippen LogP contribution in [0.5, 0.6) is 0 Å². The van der Waals surface area contributed by atoms with Gasteiger partial charge in [-0.25, -0.2) is 0 Å². The molecule has 9 atom stereocenters. The molecule has 4 rings (SSSR count). The second-order valence-corrected chi connectivity index (χ2v) is 10.3. The van der Waals surface area contributed by atoms with Gasteiger partial charge in [0, 0.05) is 7.11 Å².